The molecule has 0 fully saturated rings. The predicted octanol–water partition coefficient (Wildman–Crippen LogP) is -0.430. The minimum atomic E-state index is -4.11. The Kier molecular flexibility index (Phi) is 4.35. The summed E-state index contributed by atoms with van der Waals surface area (Å²) in [6.45, 7) is 1.86. The molecule has 1 aromatic carbocycles. The van der Waals surface area contributed by atoms with Gasteiger partial charge in [-0.15, -0.1) is 0 Å². The van der Waals surface area contributed by atoms with E-state index in [1.54, 1.807) is 0 Å². The molecule has 3 N–H and O–H groups in total. The number of nitrogens with one attached hydrogen (secondary N) is 1. The van der Waals surface area contributed by atoms with Crippen LogP contribution in [0, 0.1) is 0 Å². The van der Waals surface area contributed by atoms with E-state index in [1.807, 2.05) is 4.72 Å². The monoisotopic (exact) mass is 317 g/mol. The third kappa shape index (κ3) is 3.43. The number of hydrogen-bond donors (Lipinski definition) is 3. The van der Waals surface area contributed by atoms with Crippen LogP contribution in [0.3, 0.4) is 0 Å². The molecule has 8 nitrogen and oxygen atoms in total. The number of carboxylic acids is 1. The van der Waals surface area contributed by atoms with Gasteiger partial charge in [-0.25, -0.2) is 8.42 Å². The van der Waals surface area contributed by atoms with E-state index in [4.69, 9.17) is 14.6 Å². The van der Waals surface area contributed by atoms with Crippen molar-refractivity contribution in [3.8, 4) is 11.5 Å². The van der Waals surface area contributed by atoms with E-state index in [0.29, 0.717) is 19.0 Å². The largest absolute Gasteiger partial charge is 0.486 e. The second-order valence-electron chi connectivity index (χ2n) is 4.48. The quantitative estimate of drug-likeness (QED) is 0.673. The first-order chi connectivity index (χ1) is 9.81. The van der Waals surface area contributed by atoms with E-state index in [2.05, 4.69) is 0 Å². The van der Waals surface area contributed by atoms with Gasteiger partial charge in [0, 0.05) is 6.07 Å². The number of fused-ring (bicyclic) bond motifs is 1. The van der Waals surface area contributed by atoms with E-state index in [1.165, 1.54) is 25.1 Å². The zero-order chi connectivity index (χ0) is 15.6. The smallest absolute Gasteiger partial charge is 0.324 e. The fraction of sp³-hybridized carbons (Fsp3) is 0.417. The predicted molar refractivity (Wildman–Crippen MR) is 70.9 cm³/mol. The summed E-state index contributed by atoms with van der Waals surface area (Å²) < 4.78 is 36.8. The van der Waals surface area contributed by atoms with E-state index in [0.717, 1.165) is 0 Å². The summed E-state index contributed by atoms with van der Waals surface area (Å²) >= 11 is 0. The normalized spacial score (nSPS) is 17.0. The lowest BCUT2D eigenvalue weighted by Crippen LogP contribution is -2.47. The lowest BCUT2D eigenvalue weighted by Gasteiger charge is -2.20. The number of aliphatic hydroxyl groups excluding tert-OH is 1. The topological polar surface area (TPSA) is 122 Å². The fourth-order valence-corrected chi connectivity index (χ4v) is 3.06. The third-order valence-corrected chi connectivity index (χ3v) is 4.29. The second-order valence-corrected chi connectivity index (χ2v) is 6.20. The molecule has 1 aromatic rings. The number of aliphatic hydroxyl groups is 1. The molecule has 0 unspecified atom stereocenters. The molecule has 0 amide bonds. The first kappa shape index (κ1) is 15.5. The average molecular weight is 317 g/mol. The molecule has 0 bridgehead atoms. The van der Waals surface area contributed by atoms with E-state index in [-0.39, 0.29) is 10.6 Å². The number of rotatable bonds is 5. The van der Waals surface area contributed by atoms with Crippen LogP contribution in [-0.4, -0.2) is 50.0 Å². The van der Waals surface area contributed by atoms with Crippen molar-refractivity contribution in [3.63, 3.8) is 0 Å². The number of hydrogen-bond acceptors (Lipinski definition) is 6. The first-order valence-corrected chi connectivity index (χ1v) is 7.62. The summed E-state index contributed by atoms with van der Waals surface area (Å²) in [6, 6.07) is 2.32. The summed E-state index contributed by atoms with van der Waals surface area (Å²) in [4.78, 5) is 10.8. The highest BCUT2D eigenvalue weighted by Crippen LogP contribution is 2.32. The Morgan fingerprint density at radius 2 is 1.90 bits per heavy atom. The van der Waals surface area contributed by atoms with Crippen molar-refractivity contribution in [2.24, 2.45) is 0 Å². The van der Waals surface area contributed by atoms with Gasteiger partial charge in [-0.1, -0.05) is 0 Å². The van der Waals surface area contributed by atoms with Crippen LogP contribution in [0.25, 0.3) is 0 Å². The van der Waals surface area contributed by atoms with Crippen LogP contribution < -0.4 is 14.2 Å². The Balaban J connectivity index is 2.29. The molecule has 0 spiro atoms. The summed E-state index contributed by atoms with van der Waals surface area (Å²) in [5, 5.41) is 18.2. The fourth-order valence-electron chi connectivity index (χ4n) is 1.78. The Labute approximate surface area is 121 Å². The number of aliphatic carboxylic acids is 1. The zero-order valence-corrected chi connectivity index (χ0v) is 12.0. The maximum Gasteiger partial charge on any atom is 0.324 e. The SMILES string of the molecule is C[C@@H](O)[C@H](NS(=O)(=O)c1ccc2c(c1)OCCO2)C(=O)O. The molecule has 1 aliphatic heterocycles. The first-order valence-electron chi connectivity index (χ1n) is 6.14. The highest BCUT2D eigenvalue weighted by atomic mass is 32.2. The number of sulfonamides is 1. The highest BCUT2D eigenvalue weighted by molar-refractivity contribution is 7.89. The minimum Gasteiger partial charge on any atom is -0.486 e. The molecular formula is C12H15NO7S. The second kappa shape index (κ2) is 5.88. The summed E-state index contributed by atoms with van der Waals surface area (Å²) in [5.74, 6) is -0.773. The van der Waals surface area contributed by atoms with Crippen molar-refractivity contribution >= 4 is 16.0 Å². The molecule has 116 valence electrons. The van der Waals surface area contributed by atoms with Crippen molar-refractivity contribution in [1.29, 1.82) is 0 Å². The summed E-state index contributed by atoms with van der Waals surface area (Å²) in [5.41, 5.74) is 0. The number of ether oxygens (including phenoxy) is 2. The maximum absolute atomic E-state index is 12.2. The van der Waals surface area contributed by atoms with Crippen molar-refractivity contribution in [1.82, 2.24) is 4.72 Å². The van der Waals surface area contributed by atoms with Crippen LogP contribution in [0.2, 0.25) is 0 Å². The van der Waals surface area contributed by atoms with Gasteiger partial charge in [0.05, 0.1) is 11.0 Å². The number of carbonyl (C=O) groups is 1. The minimum absolute atomic E-state index is 0.168. The molecule has 2 rings (SSSR count). The van der Waals surface area contributed by atoms with Crippen LogP contribution in [0.15, 0.2) is 23.1 Å². The van der Waals surface area contributed by atoms with Crippen molar-refractivity contribution in [2.45, 2.75) is 24.0 Å². The lowest BCUT2D eigenvalue weighted by atomic mass is 10.2. The number of benzene rings is 1. The third-order valence-electron chi connectivity index (χ3n) is 2.85. The van der Waals surface area contributed by atoms with Crippen LogP contribution in [0.4, 0.5) is 0 Å². The Morgan fingerprint density at radius 3 is 2.48 bits per heavy atom. The molecular weight excluding hydrogens is 302 g/mol. The molecule has 2 atom stereocenters. The van der Waals surface area contributed by atoms with E-state index in [9.17, 15) is 18.3 Å². The molecule has 0 radical (unpaired) electrons. The van der Waals surface area contributed by atoms with E-state index < -0.39 is 28.1 Å². The Hall–Kier alpha value is -1.84. The van der Waals surface area contributed by atoms with Gasteiger partial charge in [-0.3, -0.25) is 4.79 Å². The van der Waals surface area contributed by atoms with Gasteiger partial charge in [-0.2, -0.15) is 4.72 Å². The molecule has 0 aromatic heterocycles. The molecule has 0 aliphatic carbocycles. The molecule has 9 heteroatoms. The molecule has 0 saturated carbocycles. The van der Waals surface area contributed by atoms with Crippen molar-refractivity contribution in [2.75, 3.05) is 13.2 Å². The summed E-state index contributed by atoms with van der Waals surface area (Å²) in [7, 11) is -4.11. The highest BCUT2D eigenvalue weighted by Gasteiger charge is 2.30. The van der Waals surface area contributed by atoms with Gasteiger partial charge < -0.3 is 19.7 Å². The molecule has 1 heterocycles. The van der Waals surface area contributed by atoms with Gasteiger partial charge in [0.1, 0.15) is 19.3 Å². The Bertz CT molecular complexity index is 641. The maximum atomic E-state index is 12.2. The van der Waals surface area contributed by atoms with Crippen LogP contribution >= 0.6 is 0 Å². The van der Waals surface area contributed by atoms with Crippen molar-refractivity contribution < 1.29 is 32.9 Å². The van der Waals surface area contributed by atoms with Gasteiger partial charge in [0.25, 0.3) is 0 Å². The van der Waals surface area contributed by atoms with Crippen LogP contribution in [-0.2, 0) is 14.8 Å². The average Bonchev–Trinajstić information content (AvgIpc) is 2.43. The lowest BCUT2D eigenvalue weighted by molar-refractivity contribution is -0.141. The molecule has 0 saturated heterocycles. The van der Waals surface area contributed by atoms with Crippen molar-refractivity contribution in [3.05, 3.63) is 18.2 Å². The van der Waals surface area contributed by atoms with Crippen LogP contribution in [0.5, 0.6) is 11.5 Å². The van der Waals surface area contributed by atoms with Gasteiger partial charge in [0.2, 0.25) is 10.0 Å². The standard InChI is InChI=1S/C12H15NO7S/c1-7(14)11(12(15)16)13-21(17,18)8-2-3-9-10(6-8)20-5-4-19-9/h2-3,6-7,11,13-14H,4-5H2,1H3,(H,15,16)/t7-,11+/m1/s1. The molecule has 21 heavy (non-hydrogen) atoms. The van der Waals surface area contributed by atoms with Gasteiger partial charge in [0.15, 0.2) is 11.5 Å². The van der Waals surface area contributed by atoms with E-state index >= 15 is 0 Å². The van der Waals surface area contributed by atoms with Crippen LogP contribution in [0.1, 0.15) is 6.92 Å². The van der Waals surface area contributed by atoms with Gasteiger partial charge >= 0.3 is 5.97 Å². The Morgan fingerprint density at radius 1 is 1.29 bits per heavy atom. The molecule has 1 aliphatic rings. The zero-order valence-electron chi connectivity index (χ0n) is 11.1. The number of carboxylic acid groups (broad SMARTS) is 1. The summed E-state index contributed by atoms with van der Waals surface area (Å²) in [6.07, 6.45) is -1.38. The van der Waals surface area contributed by atoms with Gasteiger partial charge in [-0.05, 0) is 19.1 Å².